The monoisotopic (exact) mass is 626 g/mol. The van der Waals surface area contributed by atoms with Crippen LogP contribution in [0.4, 0.5) is 0 Å². The molecular weight excluding hydrogens is 545 g/mol. The molecule has 0 aromatic carbocycles. The van der Waals surface area contributed by atoms with Gasteiger partial charge < -0.3 is 13.3 Å². The van der Waals surface area contributed by atoms with Crippen molar-refractivity contribution in [1.29, 1.82) is 0 Å². The Hall–Kier alpha value is 0.0969. The zero-order valence-corrected chi connectivity index (χ0v) is 31.6. The Labute approximate surface area is 274 Å². The van der Waals surface area contributed by atoms with Gasteiger partial charge in [-0.05, 0) is 19.3 Å². The van der Waals surface area contributed by atoms with E-state index in [0.29, 0.717) is 0 Å². The molecule has 0 fully saturated rings. The Morgan fingerprint density at radius 1 is 0.326 bits per heavy atom. The summed E-state index contributed by atoms with van der Waals surface area (Å²) < 4.78 is 18.3. The van der Waals surface area contributed by atoms with Crippen LogP contribution in [0.1, 0.15) is 233 Å². The molecule has 0 rings (SSSR count). The maximum absolute atomic E-state index is 6.84. The Morgan fingerprint density at radius 2 is 0.535 bits per heavy atom. The molecule has 0 aliphatic heterocycles. The van der Waals surface area contributed by atoms with Crippen LogP contribution < -0.4 is 0 Å². The van der Waals surface area contributed by atoms with Crippen LogP contribution >= 0.6 is 0 Å². The van der Waals surface area contributed by atoms with Crippen molar-refractivity contribution in [2.75, 3.05) is 14.2 Å². The topological polar surface area (TPSA) is 27.7 Å². The summed E-state index contributed by atoms with van der Waals surface area (Å²) in [6.07, 6.45) is 45.2. The first-order chi connectivity index (χ1) is 21.2. The van der Waals surface area contributed by atoms with Crippen molar-refractivity contribution in [3.63, 3.8) is 0 Å². The summed E-state index contributed by atoms with van der Waals surface area (Å²) in [6.45, 7) is 6.92. The Morgan fingerprint density at radius 3 is 0.744 bits per heavy atom. The van der Waals surface area contributed by atoms with E-state index in [1.54, 1.807) is 14.2 Å². The zero-order chi connectivity index (χ0) is 31.5. The molecule has 1 radical (unpaired) electrons. The lowest BCUT2D eigenvalue weighted by Gasteiger charge is -2.36. The largest absolute Gasteiger partial charge is 0.577 e. The molecule has 0 aromatic heterocycles. The molecule has 0 N–H and O–H groups in total. The first-order valence-electron chi connectivity index (χ1n) is 19.8. The van der Waals surface area contributed by atoms with Crippen LogP contribution in [0.3, 0.4) is 0 Å². The standard InChI is InChI=1S/C39H81O3Si/c1-6-9-12-15-18-21-24-27-30-33-36-39(42-43(40-4)41-5,37-34-31-28-25-22-19-16-13-10-7-2)38-35-32-29-26-23-20-17-14-11-8-3/h6-38H2,1-5H3. The second-order valence-corrected chi connectivity index (χ2v) is 15.3. The molecule has 0 bridgehead atoms. The van der Waals surface area contributed by atoms with Gasteiger partial charge in [0, 0.05) is 14.2 Å². The van der Waals surface area contributed by atoms with Gasteiger partial charge in [0.1, 0.15) is 0 Å². The van der Waals surface area contributed by atoms with Crippen molar-refractivity contribution in [2.45, 2.75) is 238 Å². The molecule has 0 aliphatic rings. The predicted octanol–water partition coefficient (Wildman–Crippen LogP) is 14.0. The van der Waals surface area contributed by atoms with E-state index < -0.39 is 9.53 Å². The molecule has 0 atom stereocenters. The molecule has 259 valence electrons. The maximum atomic E-state index is 6.84. The van der Waals surface area contributed by atoms with E-state index in [1.807, 2.05) is 0 Å². The molecule has 4 heteroatoms. The van der Waals surface area contributed by atoms with Crippen LogP contribution in [0.25, 0.3) is 0 Å². The minimum atomic E-state index is -1.66. The number of rotatable bonds is 37. The van der Waals surface area contributed by atoms with E-state index in [4.69, 9.17) is 13.3 Å². The summed E-state index contributed by atoms with van der Waals surface area (Å²) in [4.78, 5) is 0. The summed E-state index contributed by atoms with van der Waals surface area (Å²) in [5.41, 5.74) is -0.0548. The van der Waals surface area contributed by atoms with Gasteiger partial charge in [0.15, 0.2) is 0 Å². The molecule has 43 heavy (non-hydrogen) atoms. The normalized spacial score (nSPS) is 12.1. The lowest BCUT2D eigenvalue weighted by molar-refractivity contribution is -0.0200. The van der Waals surface area contributed by atoms with Crippen molar-refractivity contribution < 1.29 is 13.3 Å². The summed E-state index contributed by atoms with van der Waals surface area (Å²) >= 11 is 0. The second-order valence-electron chi connectivity index (χ2n) is 13.7. The van der Waals surface area contributed by atoms with Crippen LogP contribution in [0.5, 0.6) is 0 Å². The fourth-order valence-corrected chi connectivity index (χ4v) is 7.67. The van der Waals surface area contributed by atoms with Crippen LogP contribution in [0, 0.1) is 0 Å². The Kier molecular flexibility index (Phi) is 35.0. The molecule has 3 nitrogen and oxygen atoms in total. The number of unbranched alkanes of at least 4 members (excludes halogenated alkanes) is 27. The van der Waals surface area contributed by atoms with E-state index in [9.17, 15) is 0 Å². The molecule has 0 heterocycles. The second kappa shape index (κ2) is 35.0. The quantitative estimate of drug-likeness (QED) is 0.0508. The van der Waals surface area contributed by atoms with Gasteiger partial charge in [0.05, 0.1) is 5.60 Å². The third kappa shape index (κ3) is 29.3. The maximum Gasteiger partial charge on any atom is 0.577 e. The van der Waals surface area contributed by atoms with Crippen LogP contribution in [0.2, 0.25) is 0 Å². The van der Waals surface area contributed by atoms with Gasteiger partial charge in [-0.3, -0.25) is 0 Å². The molecule has 0 amide bonds. The van der Waals surface area contributed by atoms with E-state index in [0.717, 1.165) is 0 Å². The van der Waals surface area contributed by atoms with Gasteiger partial charge in [-0.2, -0.15) is 0 Å². The average molecular weight is 626 g/mol. The van der Waals surface area contributed by atoms with E-state index in [-0.39, 0.29) is 5.60 Å². The van der Waals surface area contributed by atoms with Crippen molar-refractivity contribution in [2.24, 2.45) is 0 Å². The Bertz CT molecular complexity index is 451. The fourth-order valence-electron chi connectivity index (χ4n) is 6.68. The predicted molar refractivity (Wildman–Crippen MR) is 193 cm³/mol. The van der Waals surface area contributed by atoms with Crippen molar-refractivity contribution in [3.8, 4) is 0 Å². The van der Waals surface area contributed by atoms with Crippen molar-refractivity contribution in [3.05, 3.63) is 0 Å². The minimum absolute atomic E-state index is 0.0548. The van der Waals surface area contributed by atoms with Crippen LogP contribution in [-0.4, -0.2) is 29.3 Å². The fraction of sp³-hybridized carbons (Fsp3) is 1.00. The first-order valence-corrected chi connectivity index (χ1v) is 21.0. The van der Waals surface area contributed by atoms with Gasteiger partial charge >= 0.3 is 9.53 Å². The summed E-state index contributed by atoms with van der Waals surface area (Å²) in [5.74, 6) is 0. The van der Waals surface area contributed by atoms with Gasteiger partial charge in [-0.25, -0.2) is 0 Å². The summed E-state index contributed by atoms with van der Waals surface area (Å²) in [5, 5.41) is 0. The number of hydrogen-bond donors (Lipinski definition) is 0. The summed E-state index contributed by atoms with van der Waals surface area (Å²) in [7, 11) is 1.87. The van der Waals surface area contributed by atoms with Crippen LogP contribution in [0.15, 0.2) is 0 Å². The third-order valence-electron chi connectivity index (χ3n) is 9.59. The highest BCUT2D eigenvalue weighted by Crippen LogP contribution is 2.34. The molecule has 0 unspecified atom stereocenters. The zero-order valence-electron chi connectivity index (χ0n) is 30.6. The smallest absolute Gasteiger partial charge is 0.375 e. The average Bonchev–Trinajstić information content (AvgIpc) is 3.02. The minimum Gasteiger partial charge on any atom is -0.375 e. The highest BCUT2D eigenvalue weighted by atomic mass is 28.3. The Balaban J connectivity index is 4.75. The highest BCUT2D eigenvalue weighted by molar-refractivity contribution is 6.36. The molecule has 0 spiro atoms. The highest BCUT2D eigenvalue weighted by Gasteiger charge is 2.35. The lowest BCUT2D eigenvalue weighted by atomic mass is 9.85. The molecule has 0 saturated carbocycles. The van der Waals surface area contributed by atoms with E-state index in [1.165, 1.54) is 212 Å². The number of hydrogen-bond acceptors (Lipinski definition) is 3. The van der Waals surface area contributed by atoms with Gasteiger partial charge in [0.25, 0.3) is 0 Å². The SMILES string of the molecule is CCCCCCCCCCCCC(CCCCCCCCCCCC)(CCCCCCCCCCCC)O[Si](OC)OC. The third-order valence-corrected chi connectivity index (χ3v) is 10.9. The van der Waals surface area contributed by atoms with Crippen molar-refractivity contribution >= 4 is 9.53 Å². The summed E-state index contributed by atoms with van der Waals surface area (Å²) in [6, 6.07) is 0. The van der Waals surface area contributed by atoms with Gasteiger partial charge in [0.2, 0.25) is 0 Å². The van der Waals surface area contributed by atoms with Gasteiger partial charge in [-0.15, -0.1) is 0 Å². The lowest BCUT2D eigenvalue weighted by Crippen LogP contribution is -2.41. The van der Waals surface area contributed by atoms with E-state index >= 15 is 0 Å². The first kappa shape index (κ1) is 43.1. The molecule has 0 saturated heterocycles. The van der Waals surface area contributed by atoms with Gasteiger partial charge in [-0.1, -0.05) is 213 Å². The molecule has 0 aliphatic carbocycles. The van der Waals surface area contributed by atoms with Crippen molar-refractivity contribution in [1.82, 2.24) is 0 Å². The van der Waals surface area contributed by atoms with E-state index in [2.05, 4.69) is 20.8 Å². The molecular formula is C39H81O3Si. The molecule has 0 aromatic rings. The van der Waals surface area contributed by atoms with Crippen LogP contribution in [-0.2, 0) is 13.3 Å².